The maximum atomic E-state index is 12.8. The summed E-state index contributed by atoms with van der Waals surface area (Å²) in [6.45, 7) is 3.85. The van der Waals surface area contributed by atoms with Crippen molar-refractivity contribution >= 4 is 45.0 Å². The van der Waals surface area contributed by atoms with Crippen LogP contribution in [0.25, 0.3) is 6.08 Å². The van der Waals surface area contributed by atoms with Gasteiger partial charge in [-0.15, -0.1) is 0 Å². The number of hydrogen-bond acceptors (Lipinski definition) is 5. The third kappa shape index (κ3) is 3.39. The van der Waals surface area contributed by atoms with Crippen molar-refractivity contribution in [1.82, 2.24) is 0 Å². The molecule has 0 spiro atoms. The molecule has 128 valence electrons. The molecule has 0 saturated heterocycles. The Morgan fingerprint density at radius 3 is 2.68 bits per heavy atom. The first-order chi connectivity index (χ1) is 11.9. The molecule has 0 unspecified atom stereocenters. The number of nitrogens with zero attached hydrogens (tertiary/aromatic N) is 3. The van der Waals surface area contributed by atoms with Gasteiger partial charge < -0.3 is 4.42 Å². The van der Waals surface area contributed by atoms with E-state index in [1.54, 1.807) is 24.3 Å². The molecule has 0 radical (unpaired) electrons. The second kappa shape index (κ2) is 6.64. The summed E-state index contributed by atoms with van der Waals surface area (Å²) in [4.78, 5) is 23.3. The molecule has 2 heterocycles. The molecule has 0 saturated carbocycles. The number of benzene rings is 1. The summed E-state index contributed by atoms with van der Waals surface area (Å²) in [6, 6.07) is 9.30. The highest BCUT2D eigenvalue weighted by Crippen LogP contribution is 2.30. The van der Waals surface area contributed by atoms with Crippen molar-refractivity contribution in [3.63, 3.8) is 0 Å². The predicted octanol–water partition coefficient (Wildman–Crippen LogP) is 4.39. The molecule has 1 aliphatic rings. The number of furan rings is 1. The number of halogens is 1. The maximum Gasteiger partial charge on any atom is 0.280 e. The van der Waals surface area contributed by atoms with E-state index >= 15 is 0 Å². The number of nitro benzene ring substituents is 1. The van der Waals surface area contributed by atoms with Crippen LogP contribution in [0.5, 0.6) is 0 Å². The van der Waals surface area contributed by atoms with Crippen molar-refractivity contribution in [3.05, 3.63) is 62.5 Å². The average Bonchev–Trinajstić information content (AvgIpc) is 3.12. The van der Waals surface area contributed by atoms with Crippen LogP contribution in [-0.4, -0.2) is 16.5 Å². The first-order valence-corrected chi connectivity index (χ1v) is 8.31. The molecular formula is C17H14BrN3O4. The largest absolute Gasteiger partial charge is 0.450 e. The van der Waals surface area contributed by atoms with Gasteiger partial charge in [-0.05, 0) is 46.1 Å². The van der Waals surface area contributed by atoms with E-state index in [1.165, 1.54) is 23.2 Å². The Hall–Kier alpha value is -2.74. The van der Waals surface area contributed by atoms with Crippen LogP contribution in [0.2, 0.25) is 0 Å². The first-order valence-electron chi connectivity index (χ1n) is 7.51. The number of carbonyl (C=O) groups excluding carboxylic acids is 1. The van der Waals surface area contributed by atoms with Gasteiger partial charge in [0.1, 0.15) is 5.76 Å². The normalized spacial score (nSPS) is 16.0. The number of carbonyl (C=O) groups is 1. The number of hydrogen-bond donors (Lipinski definition) is 0. The molecule has 0 fully saturated rings. The zero-order valence-corrected chi connectivity index (χ0v) is 15.1. The van der Waals surface area contributed by atoms with Crippen molar-refractivity contribution < 1.29 is 14.1 Å². The van der Waals surface area contributed by atoms with Crippen LogP contribution in [0, 0.1) is 16.0 Å². The van der Waals surface area contributed by atoms with Crippen molar-refractivity contribution in [2.24, 2.45) is 11.0 Å². The number of hydrazone groups is 1. The third-order valence-corrected chi connectivity index (χ3v) is 4.05. The topological polar surface area (TPSA) is 89.0 Å². The Morgan fingerprint density at radius 2 is 2.08 bits per heavy atom. The highest BCUT2D eigenvalue weighted by atomic mass is 79.9. The smallest absolute Gasteiger partial charge is 0.280 e. The third-order valence-electron chi connectivity index (χ3n) is 3.62. The lowest BCUT2D eigenvalue weighted by molar-refractivity contribution is -0.384. The molecule has 1 aromatic carbocycles. The van der Waals surface area contributed by atoms with E-state index in [1.807, 2.05) is 13.8 Å². The van der Waals surface area contributed by atoms with Gasteiger partial charge in [0.15, 0.2) is 4.67 Å². The van der Waals surface area contributed by atoms with Gasteiger partial charge >= 0.3 is 0 Å². The molecule has 25 heavy (non-hydrogen) atoms. The SMILES string of the molecule is CC(C)C1=NN(c2cccc([N+](=O)[O-])c2)C(=O)/C1=C/c1ccc(Br)o1. The summed E-state index contributed by atoms with van der Waals surface area (Å²) in [6.07, 6.45) is 1.63. The van der Waals surface area contributed by atoms with Crippen molar-refractivity contribution in [2.75, 3.05) is 5.01 Å². The Bertz CT molecular complexity index is 914. The second-order valence-electron chi connectivity index (χ2n) is 5.73. The molecule has 2 aromatic rings. The number of rotatable bonds is 4. The summed E-state index contributed by atoms with van der Waals surface area (Å²) in [7, 11) is 0. The average molecular weight is 404 g/mol. The van der Waals surface area contributed by atoms with Crippen LogP contribution in [-0.2, 0) is 4.79 Å². The lowest BCUT2D eigenvalue weighted by Crippen LogP contribution is -2.21. The fourth-order valence-corrected chi connectivity index (χ4v) is 2.77. The molecular weight excluding hydrogens is 390 g/mol. The van der Waals surface area contributed by atoms with Crippen LogP contribution in [0.1, 0.15) is 19.6 Å². The van der Waals surface area contributed by atoms with Crippen LogP contribution in [0.4, 0.5) is 11.4 Å². The molecule has 1 aliphatic heterocycles. The first kappa shape index (κ1) is 17.1. The monoisotopic (exact) mass is 403 g/mol. The number of anilines is 1. The van der Waals surface area contributed by atoms with Crippen LogP contribution in [0.3, 0.4) is 0 Å². The minimum Gasteiger partial charge on any atom is -0.450 e. The van der Waals surface area contributed by atoms with Crippen LogP contribution in [0.15, 0.2) is 56.2 Å². The van der Waals surface area contributed by atoms with Gasteiger partial charge in [0.2, 0.25) is 0 Å². The molecule has 1 amide bonds. The lowest BCUT2D eigenvalue weighted by Gasteiger charge is -2.11. The van der Waals surface area contributed by atoms with Gasteiger partial charge in [-0.1, -0.05) is 19.9 Å². The molecule has 0 N–H and O–H groups in total. The molecule has 0 bridgehead atoms. The van der Waals surface area contributed by atoms with Gasteiger partial charge in [0.05, 0.1) is 21.9 Å². The Labute approximate surface area is 151 Å². The minimum atomic E-state index is -0.506. The minimum absolute atomic E-state index is 0.00250. The lowest BCUT2D eigenvalue weighted by atomic mass is 9.99. The summed E-state index contributed by atoms with van der Waals surface area (Å²) in [5, 5.41) is 16.5. The standard InChI is InChI=1S/C17H14BrN3O4/c1-10(2)16-14(9-13-6-7-15(18)25-13)17(22)20(19-16)11-4-3-5-12(8-11)21(23)24/h3-10H,1-2H3/b14-9+. The summed E-state index contributed by atoms with van der Waals surface area (Å²) in [5.41, 5.74) is 1.26. The summed E-state index contributed by atoms with van der Waals surface area (Å²) >= 11 is 3.23. The molecule has 1 aromatic heterocycles. The van der Waals surface area contributed by atoms with E-state index in [9.17, 15) is 14.9 Å². The fraction of sp³-hybridized carbons (Fsp3) is 0.176. The van der Waals surface area contributed by atoms with Gasteiger partial charge in [-0.3, -0.25) is 14.9 Å². The predicted molar refractivity (Wildman–Crippen MR) is 97.2 cm³/mol. The van der Waals surface area contributed by atoms with E-state index in [4.69, 9.17) is 4.42 Å². The van der Waals surface area contributed by atoms with Crippen molar-refractivity contribution in [3.8, 4) is 0 Å². The Balaban J connectivity index is 2.03. The zero-order valence-electron chi connectivity index (χ0n) is 13.5. The Morgan fingerprint density at radius 1 is 1.32 bits per heavy atom. The van der Waals surface area contributed by atoms with E-state index in [2.05, 4.69) is 21.0 Å². The van der Waals surface area contributed by atoms with E-state index in [-0.39, 0.29) is 17.5 Å². The number of non-ortho nitro benzene ring substituents is 1. The van der Waals surface area contributed by atoms with Gasteiger partial charge in [0, 0.05) is 12.1 Å². The summed E-state index contributed by atoms with van der Waals surface area (Å²) < 4.78 is 6.00. The highest BCUT2D eigenvalue weighted by Gasteiger charge is 2.33. The van der Waals surface area contributed by atoms with Gasteiger partial charge in [-0.2, -0.15) is 10.1 Å². The van der Waals surface area contributed by atoms with E-state index in [0.29, 0.717) is 27.4 Å². The molecule has 0 atom stereocenters. The quantitative estimate of drug-likeness (QED) is 0.430. The molecule has 0 aliphatic carbocycles. The molecule has 3 rings (SSSR count). The van der Waals surface area contributed by atoms with Gasteiger partial charge in [0.25, 0.3) is 11.6 Å². The van der Waals surface area contributed by atoms with Crippen LogP contribution >= 0.6 is 15.9 Å². The van der Waals surface area contributed by atoms with Gasteiger partial charge in [-0.25, -0.2) is 0 Å². The van der Waals surface area contributed by atoms with Crippen molar-refractivity contribution in [1.29, 1.82) is 0 Å². The molecule has 7 nitrogen and oxygen atoms in total. The fourth-order valence-electron chi connectivity index (χ4n) is 2.45. The highest BCUT2D eigenvalue weighted by molar-refractivity contribution is 9.10. The maximum absolute atomic E-state index is 12.8. The zero-order chi connectivity index (χ0) is 18.1. The van der Waals surface area contributed by atoms with E-state index in [0.717, 1.165) is 0 Å². The Kier molecular flexibility index (Phi) is 4.54. The number of nitro groups is 1. The van der Waals surface area contributed by atoms with E-state index < -0.39 is 4.92 Å². The number of amides is 1. The molecule has 8 heteroatoms. The second-order valence-corrected chi connectivity index (χ2v) is 6.52. The summed E-state index contributed by atoms with van der Waals surface area (Å²) in [5.74, 6) is 0.165. The van der Waals surface area contributed by atoms with Crippen LogP contribution < -0.4 is 5.01 Å². The van der Waals surface area contributed by atoms with Crippen molar-refractivity contribution in [2.45, 2.75) is 13.8 Å².